The zero-order valence-corrected chi connectivity index (χ0v) is 29.2. The summed E-state index contributed by atoms with van der Waals surface area (Å²) < 4.78 is 6.00. The molecule has 3 aromatic heterocycles. The van der Waals surface area contributed by atoms with E-state index < -0.39 is 0 Å². The molecule has 0 atom stereocenters. The van der Waals surface area contributed by atoms with E-state index in [-0.39, 0.29) is 0 Å². The van der Waals surface area contributed by atoms with Gasteiger partial charge in [0, 0.05) is 56.9 Å². The molecule has 3 heterocycles. The van der Waals surface area contributed by atoms with Crippen molar-refractivity contribution in [2.24, 2.45) is 0 Å². The Morgan fingerprint density at radius 3 is 1.22 bits per heavy atom. The Hall–Kier alpha value is -7.37. The Morgan fingerprint density at radius 1 is 0.352 bits per heavy atom. The summed E-state index contributed by atoms with van der Waals surface area (Å²) in [6, 6.07) is 63.3. The Morgan fingerprint density at radius 2 is 0.741 bits per heavy atom. The van der Waals surface area contributed by atoms with E-state index in [1.54, 1.807) is 0 Å². The van der Waals surface area contributed by atoms with Crippen LogP contribution in [0, 0.1) is 0 Å². The Bertz CT molecular complexity index is 2760. The molecule has 0 bridgehead atoms. The summed E-state index contributed by atoms with van der Waals surface area (Å²) in [4.78, 5) is 16.4. The smallest absolute Gasteiger partial charge is 0.227 e. The quantitative estimate of drug-likeness (QED) is 0.166. The number of anilines is 3. The topological polar surface area (TPSA) is 55.1 Å². The van der Waals surface area contributed by atoms with Crippen LogP contribution in [0.2, 0.25) is 0 Å². The molecule has 254 valence electrons. The van der Waals surface area contributed by atoms with Crippen molar-refractivity contribution in [3.63, 3.8) is 0 Å². The largest absolute Gasteiger partial charge is 0.436 e. The minimum Gasteiger partial charge on any atom is -0.436 e. The van der Waals surface area contributed by atoms with Crippen molar-refractivity contribution in [1.82, 2.24) is 15.0 Å². The van der Waals surface area contributed by atoms with Gasteiger partial charge in [-0.25, -0.2) is 4.98 Å². The lowest BCUT2D eigenvalue weighted by Crippen LogP contribution is -2.09. The van der Waals surface area contributed by atoms with E-state index in [1.807, 2.05) is 60.9 Å². The van der Waals surface area contributed by atoms with Gasteiger partial charge in [0.2, 0.25) is 5.89 Å². The predicted octanol–water partition coefficient (Wildman–Crippen LogP) is 13.1. The van der Waals surface area contributed by atoms with Crippen molar-refractivity contribution >= 4 is 50.0 Å². The molecule has 0 N–H and O–H groups in total. The fourth-order valence-corrected chi connectivity index (χ4v) is 7.11. The van der Waals surface area contributed by atoms with Crippen LogP contribution >= 0.6 is 0 Å². The van der Waals surface area contributed by atoms with Gasteiger partial charge in [0.25, 0.3) is 0 Å². The van der Waals surface area contributed by atoms with Gasteiger partial charge in [0.05, 0.1) is 11.0 Å². The van der Waals surface area contributed by atoms with Crippen LogP contribution in [0.5, 0.6) is 0 Å². The van der Waals surface area contributed by atoms with Gasteiger partial charge in [0.15, 0.2) is 5.58 Å². The van der Waals surface area contributed by atoms with Crippen molar-refractivity contribution in [2.75, 3.05) is 4.90 Å². The average molecular weight is 693 g/mol. The van der Waals surface area contributed by atoms with Crippen molar-refractivity contribution in [3.05, 3.63) is 194 Å². The first-order valence-corrected chi connectivity index (χ1v) is 18.0. The van der Waals surface area contributed by atoms with Crippen molar-refractivity contribution in [3.8, 4) is 44.8 Å². The lowest BCUT2D eigenvalue weighted by molar-refractivity contribution is 0.620. The van der Waals surface area contributed by atoms with E-state index in [4.69, 9.17) is 14.4 Å². The van der Waals surface area contributed by atoms with E-state index >= 15 is 0 Å². The molecule has 10 rings (SSSR count). The first-order chi connectivity index (χ1) is 26.7. The Kier molecular flexibility index (Phi) is 7.73. The molecular formula is C49H32N4O. The molecule has 0 saturated heterocycles. The fraction of sp³-hybridized carbons (Fsp3) is 0. The lowest BCUT2D eigenvalue weighted by atomic mass is 10.0. The summed E-state index contributed by atoms with van der Waals surface area (Å²) in [5.74, 6) is 0.625. The van der Waals surface area contributed by atoms with E-state index in [0.29, 0.717) is 5.89 Å². The van der Waals surface area contributed by atoms with Gasteiger partial charge in [0.1, 0.15) is 5.52 Å². The number of aromatic nitrogens is 3. The molecule has 0 spiro atoms. The summed E-state index contributed by atoms with van der Waals surface area (Å²) in [7, 11) is 0. The van der Waals surface area contributed by atoms with Crippen LogP contribution in [0.4, 0.5) is 17.1 Å². The van der Waals surface area contributed by atoms with E-state index in [9.17, 15) is 0 Å². The number of benzene rings is 7. The van der Waals surface area contributed by atoms with Crippen molar-refractivity contribution in [1.29, 1.82) is 0 Å². The molecule has 0 saturated carbocycles. The molecule has 0 amide bonds. The standard InChI is InChI=1S/C49H32N4O/c1-3-9-45-38(7-1)29-40(31-50-45)35-19-25-43(26-20-35)53(44-27-21-36(22-28-44)41-30-39-8-2-4-10-46(39)51-32-41)42-23-17-34(18-24-42)33-13-15-37(16-14-33)49-52-47-11-5-6-12-48(47)54-49/h1-32H. The minimum atomic E-state index is 0.625. The van der Waals surface area contributed by atoms with Crippen molar-refractivity contribution in [2.45, 2.75) is 0 Å². The third kappa shape index (κ3) is 5.94. The van der Waals surface area contributed by atoms with Crippen LogP contribution in [0.25, 0.3) is 77.7 Å². The van der Waals surface area contributed by atoms with Gasteiger partial charge < -0.3 is 9.32 Å². The molecule has 7 aromatic carbocycles. The van der Waals surface area contributed by atoms with Gasteiger partial charge in [-0.2, -0.15) is 0 Å². The van der Waals surface area contributed by atoms with Gasteiger partial charge in [-0.3, -0.25) is 9.97 Å². The number of para-hydroxylation sites is 4. The Labute approximate surface area is 312 Å². The summed E-state index contributed by atoms with van der Waals surface area (Å²) in [6.45, 7) is 0. The molecule has 0 aliphatic carbocycles. The molecule has 0 aliphatic rings. The van der Waals surface area contributed by atoms with Crippen LogP contribution in [0.3, 0.4) is 0 Å². The highest BCUT2D eigenvalue weighted by molar-refractivity contribution is 5.87. The van der Waals surface area contributed by atoms with E-state index in [2.05, 4.69) is 143 Å². The number of oxazole rings is 1. The van der Waals surface area contributed by atoms with Crippen LogP contribution in [0.1, 0.15) is 0 Å². The normalized spacial score (nSPS) is 11.3. The van der Waals surface area contributed by atoms with E-state index in [1.165, 1.54) is 0 Å². The molecule has 5 heteroatoms. The fourth-order valence-electron chi connectivity index (χ4n) is 7.11. The first-order valence-electron chi connectivity index (χ1n) is 18.0. The Balaban J connectivity index is 0.980. The second-order valence-corrected chi connectivity index (χ2v) is 13.4. The van der Waals surface area contributed by atoms with Crippen LogP contribution in [-0.4, -0.2) is 15.0 Å². The maximum absolute atomic E-state index is 6.00. The maximum Gasteiger partial charge on any atom is 0.227 e. The number of fused-ring (bicyclic) bond motifs is 3. The average Bonchev–Trinajstić information content (AvgIpc) is 3.69. The first kappa shape index (κ1) is 31.4. The van der Waals surface area contributed by atoms with Crippen molar-refractivity contribution < 1.29 is 4.42 Å². The molecule has 0 unspecified atom stereocenters. The number of nitrogens with zero attached hydrogens (tertiary/aromatic N) is 4. The molecular weight excluding hydrogens is 661 g/mol. The third-order valence-corrected chi connectivity index (χ3v) is 9.98. The highest BCUT2D eigenvalue weighted by Gasteiger charge is 2.15. The lowest BCUT2D eigenvalue weighted by Gasteiger charge is -2.26. The van der Waals surface area contributed by atoms with Gasteiger partial charge in [-0.05, 0) is 107 Å². The summed E-state index contributed by atoms with van der Waals surface area (Å²) in [5.41, 5.74) is 14.4. The van der Waals surface area contributed by atoms with Gasteiger partial charge in [-0.1, -0.05) is 97.1 Å². The maximum atomic E-state index is 6.00. The minimum absolute atomic E-state index is 0.625. The van der Waals surface area contributed by atoms with Gasteiger partial charge in [-0.15, -0.1) is 0 Å². The zero-order chi connectivity index (χ0) is 35.8. The third-order valence-electron chi connectivity index (χ3n) is 9.98. The second kappa shape index (κ2) is 13.3. The van der Waals surface area contributed by atoms with Crippen LogP contribution in [0.15, 0.2) is 199 Å². The van der Waals surface area contributed by atoms with Gasteiger partial charge >= 0.3 is 0 Å². The second-order valence-electron chi connectivity index (χ2n) is 13.4. The number of rotatable bonds is 7. The number of hydrogen-bond donors (Lipinski definition) is 0. The highest BCUT2D eigenvalue weighted by atomic mass is 16.3. The van der Waals surface area contributed by atoms with Crippen LogP contribution < -0.4 is 4.90 Å². The number of pyridine rings is 2. The predicted molar refractivity (Wildman–Crippen MR) is 221 cm³/mol. The molecule has 0 aliphatic heterocycles. The summed E-state index contributed by atoms with van der Waals surface area (Å²) in [5, 5.41) is 2.26. The molecule has 0 radical (unpaired) electrons. The molecule has 10 aromatic rings. The number of hydrogen-bond acceptors (Lipinski definition) is 5. The SMILES string of the molecule is c1ccc2ncc(-c3ccc(N(c4ccc(-c5ccc(-c6nc7ccccc7o6)cc5)cc4)c4ccc(-c5cnc6ccccc6c5)cc4)cc3)cc2c1. The highest BCUT2D eigenvalue weighted by Crippen LogP contribution is 2.38. The van der Waals surface area contributed by atoms with Crippen LogP contribution in [-0.2, 0) is 0 Å². The molecule has 54 heavy (non-hydrogen) atoms. The van der Waals surface area contributed by atoms with E-state index in [0.717, 1.165) is 88.9 Å². The summed E-state index contributed by atoms with van der Waals surface area (Å²) >= 11 is 0. The molecule has 5 nitrogen and oxygen atoms in total. The summed E-state index contributed by atoms with van der Waals surface area (Å²) in [6.07, 6.45) is 3.90. The monoisotopic (exact) mass is 692 g/mol. The molecule has 0 fully saturated rings. The zero-order valence-electron chi connectivity index (χ0n) is 29.2.